The molecule has 19 heavy (non-hydrogen) atoms. The Hall–Kier alpha value is -1.10. The fraction of sp³-hybridized carbons (Fsp3) is 0.286. The highest BCUT2D eigenvalue weighted by atomic mass is 35.5. The Bertz CT molecular complexity index is 558. The van der Waals surface area contributed by atoms with E-state index in [1.165, 1.54) is 12.1 Å². The minimum absolute atomic E-state index is 0.0909. The first kappa shape index (κ1) is 14.3. The molecule has 2 rings (SSSR count). The molecule has 1 heterocycles. The predicted molar refractivity (Wildman–Crippen MR) is 77.8 cm³/mol. The van der Waals surface area contributed by atoms with E-state index in [9.17, 15) is 4.39 Å². The van der Waals surface area contributed by atoms with Crippen LogP contribution in [0.3, 0.4) is 0 Å². The molecular weight excluding hydrogens is 285 g/mol. The lowest BCUT2D eigenvalue weighted by Crippen LogP contribution is -2.18. The summed E-state index contributed by atoms with van der Waals surface area (Å²) in [6.07, 6.45) is 0.636. The summed E-state index contributed by atoms with van der Waals surface area (Å²) < 4.78 is 18.4. The van der Waals surface area contributed by atoms with Gasteiger partial charge in [0.25, 0.3) is 0 Å². The maximum absolute atomic E-state index is 13.3. The molecule has 5 heteroatoms. The zero-order valence-electron chi connectivity index (χ0n) is 10.7. The third-order valence-corrected chi connectivity index (χ3v) is 4.35. The lowest BCUT2D eigenvalue weighted by atomic mass is 10.0. The summed E-state index contributed by atoms with van der Waals surface area (Å²) >= 11 is 7.71. The van der Waals surface area contributed by atoms with Gasteiger partial charge in [0.15, 0.2) is 0 Å². The van der Waals surface area contributed by atoms with E-state index in [2.05, 4.69) is 5.32 Å². The molecule has 1 aromatic carbocycles. The monoisotopic (exact) mass is 299 g/mol. The first-order chi connectivity index (χ1) is 9.13. The lowest BCUT2D eigenvalue weighted by molar-refractivity contribution is 0.416. The van der Waals surface area contributed by atoms with E-state index in [1.807, 2.05) is 18.5 Å². The number of rotatable bonds is 5. The predicted octanol–water partition coefficient (Wildman–Crippen LogP) is 4.05. The van der Waals surface area contributed by atoms with E-state index in [1.54, 1.807) is 24.5 Å². The first-order valence-electron chi connectivity index (χ1n) is 5.87. The van der Waals surface area contributed by atoms with Crippen molar-refractivity contribution < 1.29 is 9.13 Å². The second-order valence-electron chi connectivity index (χ2n) is 4.17. The summed E-state index contributed by atoms with van der Waals surface area (Å²) in [7, 11) is 3.52. The highest BCUT2D eigenvalue weighted by Crippen LogP contribution is 2.30. The van der Waals surface area contributed by atoms with Crippen LogP contribution in [0.5, 0.6) is 5.75 Å². The van der Waals surface area contributed by atoms with Crippen LogP contribution in [0.1, 0.15) is 16.5 Å². The van der Waals surface area contributed by atoms with Crippen LogP contribution in [-0.4, -0.2) is 14.2 Å². The zero-order valence-corrected chi connectivity index (χ0v) is 12.3. The van der Waals surface area contributed by atoms with Gasteiger partial charge in [0, 0.05) is 21.3 Å². The number of likely N-dealkylation sites (N-methyl/N-ethyl adjacent to an activating group) is 1. The van der Waals surface area contributed by atoms with Crippen molar-refractivity contribution in [3.05, 3.63) is 50.9 Å². The lowest BCUT2D eigenvalue weighted by Gasteiger charge is -2.15. The molecule has 1 atom stereocenters. The maximum atomic E-state index is 13.3. The normalized spacial score (nSPS) is 12.4. The highest BCUT2D eigenvalue weighted by molar-refractivity contribution is 7.10. The van der Waals surface area contributed by atoms with Crippen molar-refractivity contribution in [3.8, 4) is 5.75 Å². The summed E-state index contributed by atoms with van der Waals surface area (Å²) in [5.41, 5.74) is 0.799. The molecule has 0 saturated carbocycles. The Kier molecular flexibility index (Phi) is 4.80. The third kappa shape index (κ3) is 3.47. The standard InChI is InChI=1S/C14H15ClFNOS/c1-17-13(14-7-11(18-2)8-19-14)6-9-5-10(16)3-4-12(9)15/h3-5,7-8,13,17H,6H2,1-2H3. The van der Waals surface area contributed by atoms with Crippen molar-refractivity contribution in [1.82, 2.24) is 5.32 Å². The van der Waals surface area contributed by atoms with Crippen LogP contribution >= 0.6 is 22.9 Å². The number of hydrogen-bond acceptors (Lipinski definition) is 3. The van der Waals surface area contributed by atoms with Crippen LogP contribution in [0.2, 0.25) is 5.02 Å². The number of methoxy groups -OCH3 is 1. The molecule has 0 aliphatic carbocycles. The van der Waals surface area contributed by atoms with Crippen LogP contribution in [0.15, 0.2) is 29.6 Å². The minimum atomic E-state index is -0.266. The van der Waals surface area contributed by atoms with Gasteiger partial charge in [0.2, 0.25) is 0 Å². The average Bonchev–Trinajstić information content (AvgIpc) is 2.88. The van der Waals surface area contributed by atoms with Crippen molar-refractivity contribution in [3.63, 3.8) is 0 Å². The van der Waals surface area contributed by atoms with Gasteiger partial charge in [-0.05, 0) is 43.3 Å². The topological polar surface area (TPSA) is 21.3 Å². The largest absolute Gasteiger partial charge is 0.496 e. The Balaban J connectivity index is 2.21. The van der Waals surface area contributed by atoms with E-state index in [-0.39, 0.29) is 11.9 Å². The molecule has 0 amide bonds. The highest BCUT2D eigenvalue weighted by Gasteiger charge is 2.15. The molecule has 1 unspecified atom stereocenters. The molecule has 0 saturated heterocycles. The minimum Gasteiger partial charge on any atom is -0.496 e. The fourth-order valence-corrected chi connectivity index (χ4v) is 3.05. The van der Waals surface area contributed by atoms with Crippen molar-refractivity contribution in [1.29, 1.82) is 0 Å². The molecule has 0 aliphatic heterocycles. The van der Waals surface area contributed by atoms with Gasteiger partial charge in [-0.15, -0.1) is 11.3 Å². The van der Waals surface area contributed by atoms with Gasteiger partial charge in [-0.2, -0.15) is 0 Å². The molecule has 102 valence electrons. The van der Waals surface area contributed by atoms with Gasteiger partial charge in [0.05, 0.1) is 7.11 Å². The summed E-state index contributed by atoms with van der Waals surface area (Å²) in [5, 5.41) is 5.76. The molecule has 2 nitrogen and oxygen atoms in total. The zero-order chi connectivity index (χ0) is 13.8. The van der Waals surface area contributed by atoms with Crippen molar-refractivity contribution in [2.45, 2.75) is 12.5 Å². The Morgan fingerprint density at radius 1 is 1.42 bits per heavy atom. The Morgan fingerprint density at radius 3 is 2.84 bits per heavy atom. The second-order valence-corrected chi connectivity index (χ2v) is 5.52. The number of ether oxygens (including phenoxy) is 1. The van der Waals surface area contributed by atoms with Gasteiger partial charge in [0.1, 0.15) is 11.6 Å². The molecule has 0 fully saturated rings. The van der Waals surface area contributed by atoms with Gasteiger partial charge >= 0.3 is 0 Å². The number of benzene rings is 1. The molecule has 0 bridgehead atoms. The summed E-state index contributed by atoms with van der Waals surface area (Å²) in [5.74, 6) is 0.573. The molecule has 0 radical (unpaired) electrons. The molecule has 1 aromatic heterocycles. The van der Waals surface area contributed by atoms with Crippen LogP contribution in [0, 0.1) is 5.82 Å². The van der Waals surface area contributed by atoms with E-state index < -0.39 is 0 Å². The van der Waals surface area contributed by atoms with Gasteiger partial charge in [-0.25, -0.2) is 4.39 Å². The Morgan fingerprint density at radius 2 is 2.21 bits per heavy atom. The quantitative estimate of drug-likeness (QED) is 0.899. The summed E-state index contributed by atoms with van der Waals surface area (Å²) in [4.78, 5) is 1.14. The van der Waals surface area contributed by atoms with Crippen molar-refractivity contribution in [2.24, 2.45) is 0 Å². The molecule has 2 aromatic rings. The van der Waals surface area contributed by atoms with Crippen molar-refractivity contribution in [2.75, 3.05) is 14.2 Å². The van der Waals surface area contributed by atoms with Crippen LogP contribution < -0.4 is 10.1 Å². The summed E-state index contributed by atoms with van der Waals surface area (Å²) in [6.45, 7) is 0. The van der Waals surface area contributed by atoms with E-state index >= 15 is 0 Å². The fourth-order valence-electron chi connectivity index (χ4n) is 1.89. The Labute approximate surface area is 121 Å². The second kappa shape index (κ2) is 6.37. The number of thiophene rings is 1. The van der Waals surface area contributed by atoms with E-state index in [0.29, 0.717) is 11.4 Å². The van der Waals surface area contributed by atoms with Crippen LogP contribution in [-0.2, 0) is 6.42 Å². The van der Waals surface area contributed by atoms with Gasteiger partial charge < -0.3 is 10.1 Å². The number of hydrogen-bond donors (Lipinski definition) is 1. The van der Waals surface area contributed by atoms with E-state index in [4.69, 9.17) is 16.3 Å². The third-order valence-electron chi connectivity index (χ3n) is 2.96. The first-order valence-corrected chi connectivity index (χ1v) is 7.13. The van der Waals surface area contributed by atoms with Crippen molar-refractivity contribution >= 4 is 22.9 Å². The molecule has 1 N–H and O–H groups in total. The van der Waals surface area contributed by atoms with Crippen LogP contribution in [0.4, 0.5) is 4.39 Å². The average molecular weight is 300 g/mol. The molecule has 0 aliphatic rings. The van der Waals surface area contributed by atoms with Gasteiger partial charge in [-0.1, -0.05) is 11.6 Å². The molecular formula is C14H15ClFNOS. The van der Waals surface area contributed by atoms with Crippen LogP contribution in [0.25, 0.3) is 0 Å². The number of halogens is 2. The summed E-state index contributed by atoms with van der Waals surface area (Å²) in [6, 6.07) is 6.52. The molecule has 0 spiro atoms. The maximum Gasteiger partial charge on any atom is 0.129 e. The van der Waals surface area contributed by atoms with E-state index in [0.717, 1.165) is 16.2 Å². The number of nitrogens with one attached hydrogen (secondary N) is 1. The smallest absolute Gasteiger partial charge is 0.129 e. The van der Waals surface area contributed by atoms with Gasteiger partial charge in [-0.3, -0.25) is 0 Å². The SMILES string of the molecule is CNC(Cc1cc(F)ccc1Cl)c1cc(OC)cs1.